The second-order valence-electron chi connectivity index (χ2n) is 7.88. The van der Waals surface area contributed by atoms with Crippen LogP contribution in [-0.4, -0.2) is 56.7 Å². The van der Waals surface area contributed by atoms with Gasteiger partial charge in [0.05, 0.1) is 19.8 Å². The summed E-state index contributed by atoms with van der Waals surface area (Å²) in [6, 6.07) is 16.0. The van der Waals surface area contributed by atoms with Crippen molar-refractivity contribution in [1.82, 2.24) is 5.32 Å². The van der Waals surface area contributed by atoms with Crippen molar-refractivity contribution in [3.63, 3.8) is 0 Å². The zero-order valence-corrected chi connectivity index (χ0v) is 17.1. The molecule has 0 aliphatic carbocycles. The Bertz CT molecular complexity index is 813. The third-order valence-electron chi connectivity index (χ3n) is 5.30. The highest BCUT2D eigenvalue weighted by molar-refractivity contribution is 6.08. The summed E-state index contributed by atoms with van der Waals surface area (Å²) in [6.45, 7) is 8.25. The molecular formula is C23H29N2O4+. The molecule has 0 radical (unpaired) electrons. The van der Waals surface area contributed by atoms with Crippen LogP contribution in [-0.2, 0) is 9.53 Å². The minimum Gasteiger partial charge on any atom is -0.484 e. The molecule has 1 aliphatic heterocycles. The van der Waals surface area contributed by atoms with Gasteiger partial charge in [0.1, 0.15) is 24.4 Å². The minimum atomic E-state index is -0.157. The Labute approximate surface area is 171 Å². The van der Waals surface area contributed by atoms with Gasteiger partial charge in [0.25, 0.3) is 5.91 Å². The van der Waals surface area contributed by atoms with Crippen LogP contribution >= 0.6 is 0 Å². The van der Waals surface area contributed by atoms with Gasteiger partial charge < -0.3 is 19.7 Å². The molecule has 1 amide bonds. The number of ketones is 1. The zero-order valence-electron chi connectivity index (χ0n) is 17.1. The zero-order chi connectivity index (χ0) is 20.7. The molecule has 1 aliphatic rings. The van der Waals surface area contributed by atoms with E-state index in [1.54, 1.807) is 36.4 Å². The SMILES string of the molecule is CC(C)(CNC(=O)COc1ccc(C(=O)c2ccccc2)cc1)[NH+]1CCOCC1. The lowest BCUT2D eigenvalue weighted by Gasteiger charge is -2.37. The van der Waals surface area contributed by atoms with E-state index < -0.39 is 0 Å². The molecule has 1 saturated heterocycles. The third kappa shape index (κ3) is 5.89. The number of nitrogens with one attached hydrogen (secondary N) is 2. The third-order valence-corrected chi connectivity index (χ3v) is 5.30. The molecule has 6 nitrogen and oxygen atoms in total. The van der Waals surface area contributed by atoms with Crippen molar-refractivity contribution in [3.05, 3.63) is 65.7 Å². The number of benzene rings is 2. The van der Waals surface area contributed by atoms with Crippen molar-refractivity contribution >= 4 is 11.7 Å². The average molecular weight is 397 g/mol. The molecule has 3 rings (SSSR count). The summed E-state index contributed by atoms with van der Waals surface area (Å²) in [7, 11) is 0. The molecule has 0 saturated carbocycles. The molecule has 154 valence electrons. The minimum absolute atomic E-state index is 0.0391. The number of rotatable bonds is 8. The van der Waals surface area contributed by atoms with Gasteiger partial charge in [-0.15, -0.1) is 0 Å². The lowest BCUT2D eigenvalue weighted by atomic mass is 10.0. The molecule has 2 N–H and O–H groups in total. The number of carbonyl (C=O) groups is 2. The number of quaternary nitrogens is 1. The Morgan fingerprint density at radius 1 is 1.00 bits per heavy atom. The highest BCUT2D eigenvalue weighted by Gasteiger charge is 2.32. The van der Waals surface area contributed by atoms with Gasteiger partial charge in [-0.1, -0.05) is 30.3 Å². The first kappa shape index (κ1) is 21.0. The molecule has 29 heavy (non-hydrogen) atoms. The second-order valence-corrected chi connectivity index (χ2v) is 7.88. The van der Waals surface area contributed by atoms with E-state index in [1.165, 1.54) is 4.90 Å². The molecule has 1 fully saturated rings. The first-order chi connectivity index (χ1) is 14.0. The first-order valence-electron chi connectivity index (χ1n) is 9.98. The molecule has 0 bridgehead atoms. The van der Waals surface area contributed by atoms with Gasteiger partial charge in [-0.2, -0.15) is 0 Å². The topological polar surface area (TPSA) is 69.1 Å². The van der Waals surface area contributed by atoms with Crippen LogP contribution in [0.15, 0.2) is 54.6 Å². The molecule has 2 aromatic carbocycles. The highest BCUT2D eigenvalue weighted by atomic mass is 16.5. The molecule has 0 atom stereocenters. The van der Waals surface area contributed by atoms with Gasteiger partial charge in [-0.05, 0) is 38.1 Å². The molecular weight excluding hydrogens is 368 g/mol. The van der Waals surface area contributed by atoms with Crippen LogP contribution < -0.4 is 15.0 Å². The quantitative estimate of drug-likeness (QED) is 0.655. The van der Waals surface area contributed by atoms with Crippen molar-refractivity contribution < 1.29 is 24.0 Å². The fourth-order valence-corrected chi connectivity index (χ4v) is 3.40. The highest BCUT2D eigenvalue weighted by Crippen LogP contribution is 2.15. The van der Waals surface area contributed by atoms with Gasteiger partial charge in [-0.25, -0.2) is 0 Å². The molecule has 1 heterocycles. The predicted molar refractivity (Wildman–Crippen MR) is 110 cm³/mol. The van der Waals surface area contributed by atoms with E-state index in [4.69, 9.17) is 9.47 Å². The summed E-state index contributed by atoms with van der Waals surface area (Å²) >= 11 is 0. The van der Waals surface area contributed by atoms with E-state index in [1.807, 2.05) is 18.2 Å². The van der Waals surface area contributed by atoms with Gasteiger partial charge in [0.2, 0.25) is 0 Å². The fourth-order valence-electron chi connectivity index (χ4n) is 3.40. The van der Waals surface area contributed by atoms with Crippen LogP contribution in [0.25, 0.3) is 0 Å². The predicted octanol–water partition coefficient (Wildman–Crippen LogP) is 1.11. The van der Waals surface area contributed by atoms with Crippen LogP contribution in [0.5, 0.6) is 5.75 Å². The number of hydrogen-bond acceptors (Lipinski definition) is 4. The second kappa shape index (κ2) is 9.67. The first-order valence-corrected chi connectivity index (χ1v) is 9.98. The van der Waals surface area contributed by atoms with Gasteiger partial charge in [0, 0.05) is 11.1 Å². The summed E-state index contributed by atoms with van der Waals surface area (Å²) in [5, 5.41) is 2.96. The van der Waals surface area contributed by atoms with Crippen LogP contribution in [0.3, 0.4) is 0 Å². The summed E-state index contributed by atoms with van der Waals surface area (Å²) < 4.78 is 11.0. The Kier molecular flexibility index (Phi) is 7.01. The van der Waals surface area contributed by atoms with Gasteiger partial charge in [-0.3, -0.25) is 9.59 Å². The Morgan fingerprint density at radius 2 is 1.62 bits per heavy atom. The normalized spacial score (nSPS) is 15.0. The number of amides is 1. The molecule has 0 spiro atoms. The Balaban J connectivity index is 1.46. The van der Waals surface area contributed by atoms with Gasteiger partial charge >= 0.3 is 0 Å². The maximum absolute atomic E-state index is 12.4. The van der Waals surface area contributed by atoms with E-state index in [0.29, 0.717) is 23.4 Å². The number of hydrogen-bond donors (Lipinski definition) is 2. The molecule has 0 aromatic heterocycles. The van der Waals surface area contributed by atoms with Crippen LogP contribution in [0.4, 0.5) is 0 Å². The maximum atomic E-state index is 12.4. The monoisotopic (exact) mass is 397 g/mol. The van der Waals surface area contributed by atoms with E-state index in [-0.39, 0.29) is 23.8 Å². The molecule has 2 aromatic rings. The van der Waals surface area contributed by atoms with Crippen molar-refractivity contribution in [2.24, 2.45) is 0 Å². The Hall–Kier alpha value is -2.70. The lowest BCUT2D eigenvalue weighted by molar-refractivity contribution is -0.954. The fraction of sp³-hybridized carbons (Fsp3) is 0.391. The van der Waals surface area contributed by atoms with Crippen molar-refractivity contribution in [1.29, 1.82) is 0 Å². The van der Waals surface area contributed by atoms with Crippen molar-refractivity contribution in [2.45, 2.75) is 19.4 Å². The van der Waals surface area contributed by atoms with Crippen LogP contribution in [0.2, 0.25) is 0 Å². The summed E-state index contributed by atoms with van der Waals surface area (Å²) in [5.74, 6) is 0.362. The number of morpholine rings is 1. The van der Waals surface area contributed by atoms with E-state index in [0.717, 1.165) is 26.3 Å². The van der Waals surface area contributed by atoms with Crippen LogP contribution in [0, 0.1) is 0 Å². The van der Waals surface area contributed by atoms with Crippen molar-refractivity contribution in [2.75, 3.05) is 39.5 Å². The number of ether oxygens (including phenoxy) is 2. The van der Waals surface area contributed by atoms with Crippen LogP contribution in [0.1, 0.15) is 29.8 Å². The molecule has 0 unspecified atom stereocenters. The van der Waals surface area contributed by atoms with E-state index in [9.17, 15) is 9.59 Å². The summed E-state index contributed by atoms with van der Waals surface area (Å²) in [4.78, 5) is 26.0. The van der Waals surface area contributed by atoms with E-state index >= 15 is 0 Å². The van der Waals surface area contributed by atoms with E-state index in [2.05, 4.69) is 19.2 Å². The van der Waals surface area contributed by atoms with Gasteiger partial charge in [0.15, 0.2) is 12.4 Å². The largest absolute Gasteiger partial charge is 0.484 e. The lowest BCUT2D eigenvalue weighted by Crippen LogP contribution is -3.22. The smallest absolute Gasteiger partial charge is 0.258 e. The summed E-state index contributed by atoms with van der Waals surface area (Å²) in [5.41, 5.74) is 1.17. The standard InChI is InChI=1S/C23H28N2O4/c1-23(2,25-12-14-28-15-13-25)17-24-21(26)16-29-20-10-8-19(9-11-20)22(27)18-6-4-3-5-7-18/h3-11H,12-17H2,1-2H3,(H,24,26)/p+1. The number of carbonyl (C=O) groups excluding carboxylic acids is 2. The molecule has 6 heteroatoms. The Morgan fingerprint density at radius 3 is 2.28 bits per heavy atom. The average Bonchev–Trinajstić information content (AvgIpc) is 2.77. The summed E-state index contributed by atoms with van der Waals surface area (Å²) in [6.07, 6.45) is 0. The van der Waals surface area contributed by atoms with Crippen molar-refractivity contribution in [3.8, 4) is 5.75 Å². The maximum Gasteiger partial charge on any atom is 0.258 e.